The van der Waals surface area contributed by atoms with Crippen LogP contribution >= 0.6 is 0 Å². The van der Waals surface area contributed by atoms with Crippen molar-refractivity contribution < 1.29 is 13.6 Å². The lowest BCUT2D eigenvalue weighted by molar-refractivity contribution is 0.314. The predicted octanol–water partition coefficient (Wildman–Crippen LogP) is -0.407. The van der Waals surface area contributed by atoms with Crippen LogP contribution in [-0.4, -0.2) is 30.8 Å². The van der Waals surface area contributed by atoms with Gasteiger partial charge in [0, 0.05) is 0 Å². The number of oxime groups is 1. The molecule has 0 saturated heterocycles. The summed E-state index contributed by atoms with van der Waals surface area (Å²) < 4.78 is 25.8. The molecule has 2 aliphatic rings. The van der Waals surface area contributed by atoms with Crippen molar-refractivity contribution in [3.8, 4) is 0 Å². The van der Waals surface area contributed by atoms with Crippen LogP contribution in [0.4, 0.5) is 0 Å². The zero-order valence-corrected chi connectivity index (χ0v) is 9.07. The van der Waals surface area contributed by atoms with Gasteiger partial charge in [0.15, 0.2) is 5.84 Å². The Labute approximate surface area is 88.6 Å². The molecule has 4 N–H and O–H groups in total. The van der Waals surface area contributed by atoms with Gasteiger partial charge in [0.05, 0.1) is 11.3 Å². The van der Waals surface area contributed by atoms with Gasteiger partial charge in [-0.15, -0.1) is 0 Å². The molecular formula is C8H15N3O3S. The fraction of sp³-hybridized carbons (Fsp3) is 0.875. The van der Waals surface area contributed by atoms with E-state index < -0.39 is 16.1 Å². The summed E-state index contributed by atoms with van der Waals surface area (Å²) in [5, 5.41) is 11.2. The monoisotopic (exact) mass is 233 g/mol. The summed E-state index contributed by atoms with van der Waals surface area (Å²) in [6.07, 6.45) is 3.27. The minimum atomic E-state index is -3.27. The fourth-order valence-electron chi connectivity index (χ4n) is 1.54. The average Bonchev–Trinajstić information content (AvgIpc) is 3.05. The van der Waals surface area contributed by atoms with E-state index in [2.05, 4.69) is 9.88 Å². The van der Waals surface area contributed by atoms with Gasteiger partial charge in [-0.1, -0.05) is 5.16 Å². The first-order valence-electron chi connectivity index (χ1n) is 5.03. The van der Waals surface area contributed by atoms with Crippen LogP contribution in [0.25, 0.3) is 0 Å². The molecule has 0 heterocycles. The van der Waals surface area contributed by atoms with Gasteiger partial charge in [-0.25, -0.2) is 13.1 Å². The van der Waals surface area contributed by atoms with Gasteiger partial charge < -0.3 is 10.9 Å². The maximum Gasteiger partial charge on any atom is 0.215 e. The minimum Gasteiger partial charge on any atom is -0.409 e. The second kappa shape index (κ2) is 3.64. The molecule has 0 aromatic carbocycles. The highest BCUT2D eigenvalue weighted by Gasteiger charge is 2.42. The van der Waals surface area contributed by atoms with Crippen molar-refractivity contribution in [3.05, 3.63) is 0 Å². The molecule has 6 nitrogen and oxygen atoms in total. The van der Waals surface area contributed by atoms with E-state index in [1.54, 1.807) is 0 Å². The number of amidine groups is 1. The first kappa shape index (κ1) is 10.7. The minimum absolute atomic E-state index is 0.0401. The number of hydrogen-bond acceptors (Lipinski definition) is 4. The Morgan fingerprint density at radius 1 is 1.40 bits per heavy atom. The first-order valence-corrected chi connectivity index (χ1v) is 6.58. The third kappa shape index (κ3) is 2.40. The van der Waals surface area contributed by atoms with Crippen molar-refractivity contribution in [2.75, 3.05) is 0 Å². The second-order valence-electron chi connectivity index (χ2n) is 4.20. The SMILES string of the molecule is NC(=NO)C(NS(=O)(=O)C1CC1)C1CC1. The van der Waals surface area contributed by atoms with Crippen LogP contribution in [0.2, 0.25) is 0 Å². The van der Waals surface area contributed by atoms with E-state index in [4.69, 9.17) is 10.9 Å². The van der Waals surface area contributed by atoms with E-state index in [-0.39, 0.29) is 17.0 Å². The van der Waals surface area contributed by atoms with E-state index >= 15 is 0 Å². The highest BCUT2D eigenvalue weighted by atomic mass is 32.2. The van der Waals surface area contributed by atoms with Crippen LogP contribution in [0.1, 0.15) is 25.7 Å². The molecule has 2 fully saturated rings. The average molecular weight is 233 g/mol. The Morgan fingerprint density at radius 3 is 2.40 bits per heavy atom. The molecule has 2 rings (SSSR count). The normalized spacial score (nSPS) is 25.2. The molecule has 0 bridgehead atoms. The van der Waals surface area contributed by atoms with Gasteiger partial charge in [0.2, 0.25) is 10.0 Å². The van der Waals surface area contributed by atoms with Gasteiger partial charge in [0.1, 0.15) is 0 Å². The topological polar surface area (TPSA) is 105 Å². The molecule has 0 spiro atoms. The molecule has 0 radical (unpaired) electrons. The summed E-state index contributed by atoms with van der Waals surface area (Å²) in [6, 6.07) is -0.527. The molecule has 7 heteroatoms. The molecule has 1 unspecified atom stereocenters. The predicted molar refractivity (Wildman–Crippen MR) is 55.0 cm³/mol. The van der Waals surface area contributed by atoms with Crippen molar-refractivity contribution >= 4 is 15.9 Å². The van der Waals surface area contributed by atoms with E-state index in [1.807, 2.05) is 0 Å². The first-order chi connectivity index (χ1) is 7.04. The van der Waals surface area contributed by atoms with Crippen LogP contribution < -0.4 is 10.5 Å². The molecule has 0 amide bonds. The van der Waals surface area contributed by atoms with Crippen LogP contribution in [0.5, 0.6) is 0 Å². The summed E-state index contributed by atoms with van der Waals surface area (Å²) in [4.78, 5) is 0. The third-order valence-electron chi connectivity index (χ3n) is 2.78. The lowest BCUT2D eigenvalue weighted by Gasteiger charge is -2.16. The zero-order valence-electron chi connectivity index (χ0n) is 8.26. The fourth-order valence-corrected chi connectivity index (χ4v) is 3.16. The van der Waals surface area contributed by atoms with Crippen molar-refractivity contribution in [1.29, 1.82) is 0 Å². The van der Waals surface area contributed by atoms with Crippen molar-refractivity contribution in [1.82, 2.24) is 4.72 Å². The number of rotatable bonds is 5. The standard InChI is InChI=1S/C8H15N3O3S/c9-8(10-12)7(5-1-2-5)11-15(13,14)6-3-4-6/h5-7,11-12H,1-4H2,(H2,9,10). The van der Waals surface area contributed by atoms with Crippen LogP contribution in [-0.2, 0) is 10.0 Å². The number of sulfonamides is 1. The molecule has 15 heavy (non-hydrogen) atoms. The third-order valence-corrected chi connectivity index (χ3v) is 4.71. The summed E-state index contributed by atoms with van der Waals surface area (Å²) in [6.45, 7) is 0. The maximum absolute atomic E-state index is 11.7. The van der Waals surface area contributed by atoms with Gasteiger partial charge >= 0.3 is 0 Å². The van der Waals surface area contributed by atoms with Crippen molar-refractivity contribution in [3.63, 3.8) is 0 Å². The van der Waals surface area contributed by atoms with Gasteiger partial charge in [-0.3, -0.25) is 0 Å². The molecule has 1 atom stereocenters. The van der Waals surface area contributed by atoms with E-state index in [9.17, 15) is 8.42 Å². The van der Waals surface area contributed by atoms with Crippen molar-refractivity contribution in [2.45, 2.75) is 37.0 Å². The van der Waals surface area contributed by atoms with E-state index in [0.29, 0.717) is 12.8 Å². The molecular weight excluding hydrogens is 218 g/mol. The highest BCUT2D eigenvalue weighted by Crippen LogP contribution is 2.35. The number of nitrogens with one attached hydrogen (secondary N) is 1. The number of nitrogens with zero attached hydrogens (tertiary/aromatic N) is 1. The van der Waals surface area contributed by atoms with Gasteiger partial charge in [-0.05, 0) is 31.6 Å². The Morgan fingerprint density at radius 2 is 2.00 bits per heavy atom. The zero-order chi connectivity index (χ0) is 11.1. The van der Waals surface area contributed by atoms with E-state index in [1.165, 1.54) is 0 Å². The Hall–Kier alpha value is -0.820. The van der Waals surface area contributed by atoms with Crippen LogP contribution in [0, 0.1) is 5.92 Å². The smallest absolute Gasteiger partial charge is 0.215 e. The number of nitrogens with two attached hydrogens (primary N) is 1. The molecule has 2 saturated carbocycles. The number of hydrogen-bond donors (Lipinski definition) is 3. The Balaban J connectivity index is 2.06. The van der Waals surface area contributed by atoms with Crippen LogP contribution in [0.3, 0.4) is 0 Å². The summed E-state index contributed by atoms with van der Waals surface area (Å²) in [7, 11) is -3.27. The van der Waals surface area contributed by atoms with Crippen LogP contribution in [0.15, 0.2) is 5.16 Å². The molecule has 0 aromatic rings. The second-order valence-corrected chi connectivity index (χ2v) is 6.19. The Bertz CT molecular complexity index is 371. The lowest BCUT2D eigenvalue weighted by Crippen LogP contribution is -2.47. The lowest BCUT2D eigenvalue weighted by atomic mass is 10.2. The maximum atomic E-state index is 11.7. The van der Waals surface area contributed by atoms with E-state index in [0.717, 1.165) is 12.8 Å². The summed E-state index contributed by atoms with van der Waals surface area (Å²) in [5.41, 5.74) is 5.46. The molecule has 2 aliphatic carbocycles. The largest absolute Gasteiger partial charge is 0.409 e. The summed E-state index contributed by atoms with van der Waals surface area (Å²) in [5.74, 6) is 0.149. The Kier molecular flexibility index (Phi) is 2.59. The quantitative estimate of drug-likeness (QED) is 0.260. The highest BCUT2D eigenvalue weighted by molar-refractivity contribution is 7.90. The van der Waals surface area contributed by atoms with Gasteiger partial charge in [-0.2, -0.15) is 0 Å². The summed E-state index contributed by atoms with van der Waals surface area (Å²) >= 11 is 0. The molecule has 0 aromatic heterocycles. The molecule has 0 aliphatic heterocycles. The molecule has 86 valence electrons. The van der Waals surface area contributed by atoms with Gasteiger partial charge in [0.25, 0.3) is 0 Å². The van der Waals surface area contributed by atoms with Crippen molar-refractivity contribution in [2.24, 2.45) is 16.8 Å².